The Morgan fingerprint density at radius 2 is 2.35 bits per heavy atom. The number of hydrogen-bond acceptors (Lipinski definition) is 2. The van der Waals surface area contributed by atoms with Gasteiger partial charge >= 0.3 is 0 Å². The Morgan fingerprint density at radius 3 is 3.00 bits per heavy atom. The minimum absolute atomic E-state index is 0.0564. The van der Waals surface area contributed by atoms with Gasteiger partial charge in [-0.25, -0.2) is 0 Å². The smallest absolute Gasteiger partial charge is 0.245 e. The molecule has 1 saturated heterocycles. The van der Waals surface area contributed by atoms with E-state index in [0.29, 0.717) is 25.4 Å². The zero-order chi connectivity index (χ0) is 12.5. The van der Waals surface area contributed by atoms with Crippen LogP contribution in [0.25, 0.3) is 0 Å². The molecule has 2 aliphatic rings. The summed E-state index contributed by atoms with van der Waals surface area (Å²) >= 11 is 0. The van der Waals surface area contributed by atoms with Crippen molar-refractivity contribution in [2.75, 3.05) is 13.1 Å². The Morgan fingerprint density at radius 1 is 1.59 bits per heavy atom. The van der Waals surface area contributed by atoms with Gasteiger partial charge < -0.3 is 10.2 Å². The van der Waals surface area contributed by atoms with Crippen molar-refractivity contribution in [1.82, 2.24) is 10.2 Å². The lowest BCUT2D eigenvalue weighted by Crippen LogP contribution is -2.63. The van der Waals surface area contributed by atoms with E-state index in [2.05, 4.69) is 17.5 Å². The van der Waals surface area contributed by atoms with Gasteiger partial charge in [0.15, 0.2) is 0 Å². The second-order valence-electron chi connectivity index (χ2n) is 5.33. The van der Waals surface area contributed by atoms with Gasteiger partial charge in [-0.15, -0.1) is 0 Å². The van der Waals surface area contributed by atoms with Gasteiger partial charge in [0, 0.05) is 19.5 Å². The van der Waals surface area contributed by atoms with Crippen LogP contribution in [0.1, 0.15) is 33.1 Å². The standard InChI is InChI=1S/C13H20N2O2/c1-13(2)12(17)14-7-8-15(13)11(16)9-10-5-3-4-6-10/h3,5,10H,4,6-9H2,1-2H3,(H,14,17). The summed E-state index contributed by atoms with van der Waals surface area (Å²) in [6.45, 7) is 4.80. The van der Waals surface area contributed by atoms with Gasteiger partial charge in [0.05, 0.1) is 0 Å². The Balaban J connectivity index is 2.02. The molecule has 4 heteroatoms. The summed E-state index contributed by atoms with van der Waals surface area (Å²) in [6.07, 6.45) is 6.92. The number of rotatable bonds is 2. The van der Waals surface area contributed by atoms with Crippen LogP contribution in [0.2, 0.25) is 0 Å². The molecule has 17 heavy (non-hydrogen) atoms. The molecular weight excluding hydrogens is 216 g/mol. The van der Waals surface area contributed by atoms with Crippen LogP contribution in [-0.2, 0) is 9.59 Å². The fourth-order valence-electron chi connectivity index (χ4n) is 2.54. The Labute approximate surface area is 102 Å². The lowest BCUT2D eigenvalue weighted by molar-refractivity contribution is -0.149. The largest absolute Gasteiger partial charge is 0.352 e. The normalized spacial score (nSPS) is 27.1. The van der Waals surface area contributed by atoms with Crippen LogP contribution < -0.4 is 5.32 Å². The monoisotopic (exact) mass is 236 g/mol. The van der Waals surface area contributed by atoms with Gasteiger partial charge in [-0.1, -0.05) is 12.2 Å². The fraction of sp³-hybridized carbons (Fsp3) is 0.692. The average Bonchev–Trinajstić information content (AvgIpc) is 2.74. The molecule has 0 spiro atoms. The van der Waals surface area contributed by atoms with E-state index in [-0.39, 0.29) is 11.8 Å². The van der Waals surface area contributed by atoms with Crippen molar-refractivity contribution in [1.29, 1.82) is 0 Å². The molecule has 94 valence electrons. The third-order valence-corrected chi connectivity index (χ3v) is 3.70. The molecule has 1 aliphatic carbocycles. The summed E-state index contributed by atoms with van der Waals surface area (Å²) in [4.78, 5) is 25.7. The molecule has 4 nitrogen and oxygen atoms in total. The van der Waals surface area contributed by atoms with Gasteiger partial charge in [-0.3, -0.25) is 9.59 Å². The molecule has 0 aromatic rings. The summed E-state index contributed by atoms with van der Waals surface area (Å²) in [5, 5.41) is 2.80. The van der Waals surface area contributed by atoms with Crippen molar-refractivity contribution in [2.45, 2.75) is 38.6 Å². The average molecular weight is 236 g/mol. The molecule has 0 saturated carbocycles. The van der Waals surface area contributed by atoms with E-state index < -0.39 is 5.54 Å². The van der Waals surface area contributed by atoms with Crippen molar-refractivity contribution >= 4 is 11.8 Å². The molecule has 1 unspecified atom stereocenters. The topological polar surface area (TPSA) is 49.4 Å². The second kappa shape index (κ2) is 4.51. The molecule has 1 fully saturated rings. The van der Waals surface area contributed by atoms with Gasteiger partial charge in [0.25, 0.3) is 0 Å². The first-order valence-corrected chi connectivity index (χ1v) is 6.27. The van der Waals surface area contributed by atoms with E-state index in [1.54, 1.807) is 4.90 Å². The molecule has 0 aromatic heterocycles. The molecule has 2 amide bonds. The van der Waals surface area contributed by atoms with Crippen LogP contribution in [0, 0.1) is 5.92 Å². The van der Waals surface area contributed by atoms with E-state index in [9.17, 15) is 9.59 Å². The first kappa shape index (κ1) is 12.1. The van der Waals surface area contributed by atoms with Crippen LogP contribution >= 0.6 is 0 Å². The predicted molar refractivity (Wildman–Crippen MR) is 65.3 cm³/mol. The van der Waals surface area contributed by atoms with Crippen LogP contribution in [-0.4, -0.2) is 35.3 Å². The van der Waals surface area contributed by atoms with Gasteiger partial charge in [0.1, 0.15) is 5.54 Å². The first-order chi connectivity index (χ1) is 8.01. The number of nitrogens with one attached hydrogen (secondary N) is 1. The van der Waals surface area contributed by atoms with E-state index in [4.69, 9.17) is 0 Å². The van der Waals surface area contributed by atoms with E-state index >= 15 is 0 Å². The number of piperazine rings is 1. The highest BCUT2D eigenvalue weighted by atomic mass is 16.2. The zero-order valence-electron chi connectivity index (χ0n) is 10.5. The molecular formula is C13H20N2O2. The Hall–Kier alpha value is -1.32. The number of carbonyl (C=O) groups excluding carboxylic acids is 2. The highest BCUT2D eigenvalue weighted by molar-refractivity contribution is 5.91. The molecule has 0 bridgehead atoms. The van der Waals surface area contributed by atoms with Crippen LogP contribution in [0.15, 0.2) is 12.2 Å². The van der Waals surface area contributed by atoms with Crippen molar-refractivity contribution < 1.29 is 9.59 Å². The fourth-order valence-corrected chi connectivity index (χ4v) is 2.54. The van der Waals surface area contributed by atoms with Crippen LogP contribution in [0.4, 0.5) is 0 Å². The summed E-state index contributed by atoms with van der Waals surface area (Å²) in [6, 6.07) is 0. The third kappa shape index (κ3) is 2.35. The third-order valence-electron chi connectivity index (χ3n) is 3.70. The maximum atomic E-state index is 12.2. The Kier molecular flexibility index (Phi) is 3.22. The molecule has 1 N–H and O–H groups in total. The quantitative estimate of drug-likeness (QED) is 0.729. The van der Waals surface area contributed by atoms with E-state index in [0.717, 1.165) is 12.8 Å². The van der Waals surface area contributed by atoms with Crippen molar-refractivity contribution in [3.05, 3.63) is 12.2 Å². The molecule has 1 atom stereocenters. The van der Waals surface area contributed by atoms with E-state index in [1.807, 2.05) is 13.8 Å². The van der Waals surface area contributed by atoms with Crippen LogP contribution in [0.5, 0.6) is 0 Å². The molecule has 1 heterocycles. The summed E-state index contributed by atoms with van der Waals surface area (Å²) in [5.41, 5.74) is -0.711. The van der Waals surface area contributed by atoms with Crippen molar-refractivity contribution in [2.24, 2.45) is 5.92 Å². The maximum absolute atomic E-state index is 12.2. The lowest BCUT2D eigenvalue weighted by Gasteiger charge is -2.41. The van der Waals surface area contributed by atoms with Crippen LogP contribution in [0.3, 0.4) is 0 Å². The lowest BCUT2D eigenvalue weighted by atomic mass is 9.96. The highest BCUT2D eigenvalue weighted by Crippen LogP contribution is 2.25. The number of carbonyl (C=O) groups is 2. The van der Waals surface area contributed by atoms with E-state index in [1.165, 1.54) is 0 Å². The molecule has 2 rings (SSSR count). The molecule has 1 aliphatic heterocycles. The SMILES string of the molecule is CC1(C)C(=O)NCCN1C(=O)CC1C=CCC1. The maximum Gasteiger partial charge on any atom is 0.245 e. The second-order valence-corrected chi connectivity index (χ2v) is 5.33. The Bertz CT molecular complexity index is 360. The summed E-state index contributed by atoms with van der Waals surface area (Å²) in [7, 11) is 0. The number of hydrogen-bond donors (Lipinski definition) is 1. The van der Waals surface area contributed by atoms with Gasteiger partial charge in [-0.05, 0) is 32.6 Å². The highest BCUT2D eigenvalue weighted by Gasteiger charge is 2.40. The summed E-state index contributed by atoms with van der Waals surface area (Å²) < 4.78 is 0. The number of nitrogens with zero attached hydrogens (tertiary/aromatic N) is 1. The molecule has 0 aromatic carbocycles. The zero-order valence-corrected chi connectivity index (χ0v) is 10.5. The predicted octanol–water partition coefficient (Wildman–Crippen LogP) is 1.08. The number of amides is 2. The molecule has 0 radical (unpaired) electrons. The summed E-state index contributed by atoms with van der Waals surface area (Å²) in [5.74, 6) is 0.406. The van der Waals surface area contributed by atoms with Gasteiger partial charge in [-0.2, -0.15) is 0 Å². The minimum atomic E-state index is -0.711. The first-order valence-electron chi connectivity index (χ1n) is 6.27. The van der Waals surface area contributed by atoms with Gasteiger partial charge in [0.2, 0.25) is 11.8 Å². The number of allylic oxidation sites excluding steroid dienone is 2. The van der Waals surface area contributed by atoms with Crippen molar-refractivity contribution in [3.8, 4) is 0 Å². The minimum Gasteiger partial charge on any atom is -0.352 e. The van der Waals surface area contributed by atoms with Crippen molar-refractivity contribution in [3.63, 3.8) is 0 Å².